The van der Waals surface area contributed by atoms with Crippen LogP contribution in [0.15, 0.2) is 59.4 Å². The summed E-state index contributed by atoms with van der Waals surface area (Å²) < 4.78 is 7.11. The number of H-pyrrole nitrogens is 1. The number of piperidine rings is 1. The summed E-state index contributed by atoms with van der Waals surface area (Å²) in [5.74, 6) is 1.44. The van der Waals surface area contributed by atoms with Crippen molar-refractivity contribution in [1.82, 2.24) is 29.9 Å². The van der Waals surface area contributed by atoms with E-state index in [0.717, 1.165) is 24.2 Å². The Morgan fingerprint density at radius 3 is 2.53 bits per heavy atom. The fourth-order valence-corrected chi connectivity index (χ4v) is 4.34. The molecule has 1 fully saturated rings. The molecule has 2 aromatic heterocycles. The first-order valence-electron chi connectivity index (χ1n) is 11.5. The number of hydrogen-bond donors (Lipinski definition) is 1. The number of amides is 1. The van der Waals surface area contributed by atoms with E-state index in [-0.39, 0.29) is 22.9 Å². The third-order valence-corrected chi connectivity index (χ3v) is 6.15. The number of nitrogens with zero attached hydrogens (tertiary/aromatic N) is 5. The minimum atomic E-state index is -0.285. The molecule has 174 valence electrons. The van der Waals surface area contributed by atoms with Crippen LogP contribution in [0.3, 0.4) is 0 Å². The zero-order valence-electron chi connectivity index (χ0n) is 19.0. The molecule has 9 heteroatoms. The summed E-state index contributed by atoms with van der Waals surface area (Å²) in [6, 6.07) is 17.1. The van der Waals surface area contributed by atoms with Gasteiger partial charge in [-0.1, -0.05) is 35.5 Å². The number of hydrogen-bond acceptors (Lipinski definition) is 6. The standard InChI is InChI=1S/C25H26N6O3/c1-2-34-20-10-8-19(9-11-20)25(33)30-14-12-18(13-15-30)22-26-23-21(24(32)27-22)28-29-31(23)16-17-6-4-3-5-7-17/h3-11,18H,2,12-16H2,1H3,(H,26,27,32). The molecule has 0 radical (unpaired) electrons. The molecule has 2 aromatic carbocycles. The first-order valence-corrected chi connectivity index (χ1v) is 11.5. The van der Waals surface area contributed by atoms with Crippen LogP contribution in [-0.2, 0) is 6.54 Å². The highest BCUT2D eigenvalue weighted by atomic mass is 16.5. The number of likely N-dealkylation sites (tertiary alicyclic amines) is 1. The van der Waals surface area contributed by atoms with Crippen molar-refractivity contribution in [2.75, 3.05) is 19.7 Å². The molecule has 1 saturated heterocycles. The van der Waals surface area contributed by atoms with Gasteiger partial charge in [-0.15, -0.1) is 5.10 Å². The highest BCUT2D eigenvalue weighted by Crippen LogP contribution is 2.27. The lowest BCUT2D eigenvalue weighted by molar-refractivity contribution is 0.0711. The summed E-state index contributed by atoms with van der Waals surface area (Å²) in [5.41, 5.74) is 2.13. The lowest BCUT2D eigenvalue weighted by Crippen LogP contribution is -2.38. The average molecular weight is 459 g/mol. The molecule has 1 aliphatic rings. The van der Waals surface area contributed by atoms with Crippen LogP contribution in [0.1, 0.15) is 47.4 Å². The monoisotopic (exact) mass is 458 g/mol. The molecular formula is C25H26N6O3. The molecule has 3 heterocycles. The highest BCUT2D eigenvalue weighted by molar-refractivity contribution is 5.94. The van der Waals surface area contributed by atoms with E-state index in [1.165, 1.54) is 0 Å². The molecule has 0 unspecified atom stereocenters. The van der Waals surface area contributed by atoms with Crippen LogP contribution in [0.4, 0.5) is 0 Å². The average Bonchev–Trinajstić information content (AvgIpc) is 3.28. The normalized spacial score (nSPS) is 14.4. The van der Waals surface area contributed by atoms with Gasteiger partial charge in [0, 0.05) is 24.6 Å². The van der Waals surface area contributed by atoms with Gasteiger partial charge in [0.2, 0.25) is 0 Å². The second-order valence-electron chi connectivity index (χ2n) is 8.38. The number of fused-ring (bicyclic) bond motifs is 1. The number of carbonyl (C=O) groups excluding carboxylic acids is 1. The van der Waals surface area contributed by atoms with Gasteiger partial charge in [-0.2, -0.15) is 0 Å². The number of rotatable bonds is 6. The van der Waals surface area contributed by atoms with Gasteiger partial charge >= 0.3 is 0 Å². The maximum atomic E-state index is 12.9. The maximum Gasteiger partial charge on any atom is 0.281 e. The molecule has 4 aromatic rings. The van der Waals surface area contributed by atoms with Gasteiger partial charge in [0.15, 0.2) is 11.2 Å². The van der Waals surface area contributed by atoms with E-state index >= 15 is 0 Å². The van der Waals surface area contributed by atoms with Crippen molar-refractivity contribution in [2.45, 2.75) is 32.2 Å². The first-order chi connectivity index (χ1) is 16.6. The van der Waals surface area contributed by atoms with E-state index in [1.807, 2.05) is 54.3 Å². The Labute approximate surface area is 196 Å². The van der Waals surface area contributed by atoms with Gasteiger partial charge in [0.25, 0.3) is 11.5 Å². The van der Waals surface area contributed by atoms with Crippen molar-refractivity contribution >= 4 is 17.1 Å². The Morgan fingerprint density at radius 1 is 1.09 bits per heavy atom. The van der Waals surface area contributed by atoms with Crippen molar-refractivity contribution in [3.05, 3.63) is 81.9 Å². The quantitative estimate of drug-likeness (QED) is 0.476. The predicted molar refractivity (Wildman–Crippen MR) is 127 cm³/mol. The van der Waals surface area contributed by atoms with E-state index in [9.17, 15) is 9.59 Å². The Balaban J connectivity index is 1.30. The Morgan fingerprint density at radius 2 is 1.82 bits per heavy atom. The first kappa shape index (κ1) is 21.8. The number of ether oxygens (including phenoxy) is 1. The molecule has 0 saturated carbocycles. The van der Waals surface area contributed by atoms with E-state index in [2.05, 4.69) is 15.3 Å². The predicted octanol–water partition coefficient (Wildman–Crippen LogP) is 2.98. The Kier molecular flexibility index (Phi) is 6.07. The van der Waals surface area contributed by atoms with Crippen LogP contribution in [0.25, 0.3) is 11.2 Å². The minimum absolute atomic E-state index is 0.00328. The van der Waals surface area contributed by atoms with Crippen LogP contribution in [0, 0.1) is 0 Å². The largest absolute Gasteiger partial charge is 0.494 e. The summed E-state index contributed by atoms with van der Waals surface area (Å²) in [4.78, 5) is 35.0. The lowest BCUT2D eigenvalue weighted by Gasteiger charge is -2.31. The molecule has 1 N–H and O–H groups in total. The van der Waals surface area contributed by atoms with Gasteiger partial charge in [0.05, 0.1) is 13.2 Å². The second-order valence-corrected chi connectivity index (χ2v) is 8.38. The van der Waals surface area contributed by atoms with Crippen LogP contribution in [0.5, 0.6) is 5.75 Å². The molecule has 9 nitrogen and oxygen atoms in total. The smallest absolute Gasteiger partial charge is 0.281 e. The molecule has 0 atom stereocenters. The van der Waals surface area contributed by atoms with Gasteiger partial charge in [-0.3, -0.25) is 9.59 Å². The van der Waals surface area contributed by atoms with Crippen molar-refractivity contribution in [3.63, 3.8) is 0 Å². The van der Waals surface area contributed by atoms with Crippen LogP contribution in [-0.4, -0.2) is 55.5 Å². The van der Waals surface area contributed by atoms with Crippen molar-refractivity contribution in [1.29, 1.82) is 0 Å². The molecule has 0 spiro atoms. The zero-order chi connectivity index (χ0) is 23.5. The number of aromatic amines is 1. The zero-order valence-corrected chi connectivity index (χ0v) is 19.0. The second kappa shape index (κ2) is 9.46. The molecule has 5 rings (SSSR count). The lowest BCUT2D eigenvalue weighted by atomic mass is 9.95. The molecular weight excluding hydrogens is 432 g/mol. The Bertz CT molecular complexity index is 1340. The topological polar surface area (TPSA) is 106 Å². The third-order valence-electron chi connectivity index (χ3n) is 6.15. The van der Waals surface area contributed by atoms with Crippen LogP contribution < -0.4 is 10.3 Å². The van der Waals surface area contributed by atoms with Gasteiger partial charge in [0.1, 0.15) is 11.6 Å². The van der Waals surface area contributed by atoms with Gasteiger partial charge in [-0.25, -0.2) is 9.67 Å². The summed E-state index contributed by atoms with van der Waals surface area (Å²) in [5, 5.41) is 8.18. The number of benzene rings is 2. The van der Waals surface area contributed by atoms with E-state index in [4.69, 9.17) is 9.72 Å². The van der Waals surface area contributed by atoms with Crippen LogP contribution >= 0.6 is 0 Å². The molecule has 0 bridgehead atoms. The van der Waals surface area contributed by atoms with Crippen molar-refractivity contribution < 1.29 is 9.53 Å². The number of aromatic nitrogens is 5. The fourth-order valence-electron chi connectivity index (χ4n) is 4.34. The van der Waals surface area contributed by atoms with Crippen molar-refractivity contribution in [2.24, 2.45) is 0 Å². The van der Waals surface area contributed by atoms with Crippen molar-refractivity contribution in [3.8, 4) is 5.75 Å². The third kappa shape index (κ3) is 4.41. The molecule has 0 aliphatic carbocycles. The molecule has 1 aliphatic heterocycles. The van der Waals surface area contributed by atoms with Gasteiger partial charge < -0.3 is 14.6 Å². The highest BCUT2D eigenvalue weighted by Gasteiger charge is 2.27. The Hall–Kier alpha value is -4.01. The minimum Gasteiger partial charge on any atom is -0.494 e. The summed E-state index contributed by atoms with van der Waals surface area (Å²) >= 11 is 0. The van der Waals surface area contributed by atoms with E-state index in [1.54, 1.807) is 16.8 Å². The fraction of sp³-hybridized carbons (Fsp3) is 0.320. The number of carbonyl (C=O) groups is 1. The molecule has 1 amide bonds. The van der Waals surface area contributed by atoms with Gasteiger partial charge in [-0.05, 0) is 49.6 Å². The summed E-state index contributed by atoms with van der Waals surface area (Å²) in [7, 11) is 0. The SMILES string of the molecule is CCOc1ccc(C(=O)N2CCC(c3nc4c(nnn4Cc4ccccc4)c(=O)[nH]3)CC2)cc1. The summed E-state index contributed by atoms with van der Waals surface area (Å²) in [6.07, 6.45) is 1.44. The van der Waals surface area contributed by atoms with E-state index < -0.39 is 0 Å². The summed E-state index contributed by atoms with van der Waals surface area (Å²) in [6.45, 7) is 4.20. The van der Waals surface area contributed by atoms with Crippen LogP contribution in [0.2, 0.25) is 0 Å². The van der Waals surface area contributed by atoms with E-state index in [0.29, 0.717) is 43.3 Å². The maximum absolute atomic E-state index is 12.9. The molecule has 34 heavy (non-hydrogen) atoms. The number of nitrogens with one attached hydrogen (secondary N) is 1.